The van der Waals surface area contributed by atoms with E-state index in [-0.39, 0.29) is 40.1 Å². The van der Waals surface area contributed by atoms with Crippen molar-refractivity contribution < 1.29 is 41.1 Å². The second-order valence-corrected chi connectivity index (χ2v) is 8.44. The van der Waals surface area contributed by atoms with Crippen LogP contribution in [0.1, 0.15) is 19.4 Å². The summed E-state index contributed by atoms with van der Waals surface area (Å²) in [5, 5.41) is 0. The molecule has 1 aromatic rings. The normalized spacial score (nSPS) is 19.2. The third kappa shape index (κ3) is 5.52. The van der Waals surface area contributed by atoms with Crippen LogP contribution in [0.3, 0.4) is 0 Å². The summed E-state index contributed by atoms with van der Waals surface area (Å²) in [6, 6.07) is 6.27. The van der Waals surface area contributed by atoms with Gasteiger partial charge in [-0.3, -0.25) is 4.90 Å². The molecule has 1 heterocycles. The predicted molar refractivity (Wildman–Crippen MR) is 94.2 cm³/mol. The van der Waals surface area contributed by atoms with Crippen molar-refractivity contribution in [3.63, 3.8) is 0 Å². The Hall–Kier alpha value is 0.0339. The molecule has 2 rings (SSSR count). The van der Waals surface area contributed by atoms with E-state index < -0.39 is 9.84 Å². The first-order valence-corrected chi connectivity index (χ1v) is 9.35. The number of anilines is 1. The average Bonchev–Trinajstić information content (AvgIpc) is 2.38. The molecule has 0 aliphatic carbocycles. The molecule has 1 aliphatic heterocycles. The van der Waals surface area contributed by atoms with Crippen molar-refractivity contribution in [2.45, 2.75) is 31.7 Å². The van der Waals surface area contributed by atoms with Gasteiger partial charge in [-0.15, -0.1) is 0 Å². The number of sulfone groups is 1. The number of rotatable bonds is 3. The summed E-state index contributed by atoms with van der Waals surface area (Å²) >= 11 is 0. The van der Waals surface area contributed by atoms with Gasteiger partial charge in [0.2, 0.25) is 0 Å². The van der Waals surface area contributed by atoms with Crippen molar-refractivity contribution in [3.05, 3.63) is 31.2 Å². The zero-order chi connectivity index (χ0) is 15.8. The van der Waals surface area contributed by atoms with E-state index in [2.05, 4.69) is 30.7 Å². The molecule has 0 bridgehead atoms. The van der Waals surface area contributed by atoms with Crippen molar-refractivity contribution in [2.75, 3.05) is 37.8 Å². The van der Waals surface area contributed by atoms with Crippen LogP contribution < -0.4 is 4.90 Å². The number of nitrogens with zero attached hydrogens (tertiary/aromatic N) is 2. The maximum absolute atomic E-state index is 11.9. The van der Waals surface area contributed by atoms with Gasteiger partial charge in [0.05, 0.1) is 4.90 Å². The van der Waals surface area contributed by atoms with Crippen LogP contribution in [0.2, 0.25) is 0 Å². The number of benzene rings is 1. The fourth-order valence-corrected chi connectivity index (χ4v) is 4.03. The smallest absolute Gasteiger partial charge is 0.175 e. The van der Waals surface area contributed by atoms with Crippen LogP contribution in [0.15, 0.2) is 23.1 Å². The zero-order valence-corrected chi connectivity index (χ0v) is 18.9. The third-order valence-electron chi connectivity index (χ3n) is 4.40. The van der Waals surface area contributed by atoms with Gasteiger partial charge in [-0.25, -0.2) is 8.42 Å². The number of hydrogen-bond donors (Lipinski definition) is 0. The number of hydrogen-bond acceptors (Lipinski definition) is 4. The van der Waals surface area contributed by atoms with E-state index in [0.29, 0.717) is 16.9 Å². The Labute approximate surface area is 167 Å². The fraction of sp³-hybridized carbons (Fsp3) is 0.588. The molecule has 1 saturated heterocycles. The van der Waals surface area contributed by atoms with Crippen LogP contribution in [-0.2, 0) is 42.5 Å². The van der Waals surface area contributed by atoms with Gasteiger partial charge in [0, 0.05) is 70.3 Å². The van der Waals surface area contributed by atoms with Gasteiger partial charge in [0.1, 0.15) is 0 Å². The Morgan fingerprint density at radius 1 is 1.22 bits per heavy atom. The Morgan fingerprint density at radius 2 is 1.83 bits per heavy atom. The van der Waals surface area contributed by atoms with Crippen LogP contribution in [0.4, 0.5) is 5.69 Å². The molecule has 0 aromatic heterocycles. The maximum Gasteiger partial charge on any atom is 0.175 e. The minimum atomic E-state index is -3.17. The largest absolute Gasteiger partial charge is 0.369 e. The molecule has 1 aliphatic rings. The van der Waals surface area contributed by atoms with Crippen molar-refractivity contribution in [1.29, 1.82) is 0 Å². The average molecular weight is 414 g/mol. The second kappa shape index (κ2) is 8.93. The van der Waals surface area contributed by atoms with Gasteiger partial charge in [-0.1, -0.05) is 19.9 Å². The molecule has 1 fully saturated rings. The SMILES string of the molecule is Cc1ccc(N2CCN(C)[C@H](C(C)C)C2)cc1S(C)(=O)=O.[CH3-].[Y]. The number of piperazine rings is 1. The topological polar surface area (TPSA) is 40.6 Å². The zero-order valence-electron chi connectivity index (χ0n) is 15.2. The molecule has 1 aromatic carbocycles. The van der Waals surface area contributed by atoms with E-state index in [0.717, 1.165) is 30.9 Å². The Morgan fingerprint density at radius 3 is 2.35 bits per heavy atom. The quantitative estimate of drug-likeness (QED) is 0.714. The van der Waals surface area contributed by atoms with Crippen LogP contribution in [0, 0.1) is 20.3 Å². The fourth-order valence-electron chi connectivity index (χ4n) is 3.04. The molecule has 1 atom stereocenters. The molecule has 0 N–H and O–H groups in total. The van der Waals surface area contributed by atoms with E-state index in [1.54, 1.807) is 0 Å². The van der Waals surface area contributed by atoms with Gasteiger partial charge in [0.25, 0.3) is 0 Å². The number of aryl methyl sites for hydroxylation is 1. The summed E-state index contributed by atoms with van der Waals surface area (Å²) in [6.07, 6.45) is 1.28. The van der Waals surface area contributed by atoms with E-state index in [1.165, 1.54) is 6.26 Å². The minimum Gasteiger partial charge on any atom is -0.369 e. The Bertz CT molecular complexity index is 617. The molecule has 129 valence electrons. The summed E-state index contributed by atoms with van der Waals surface area (Å²) in [6.45, 7) is 9.21. The minimum absolute atomic E-state index is 0. The van der Waals surface area contributed by atoms with E-state index in [1.807, 2.05) is 25.1 Å². The van der Waals surface area contributed by atoms with Crippen molar-refractivity contribution in [3.8, 4) is 0 Å². The van der Waals surface area contributed by atoms with Gasteiger partial charge in [-0.2, -0.15) is 0 Å². The summed E-state index contributed by atoms with van der Waals surface area (Å²) < 4.78 is 23.8. The first-order chi connectivity index (χ1) is 9.70. The van der Waals surface area contributed by atoms with Crippen LogP contribution in [-0.4, -0.2) is 52.3 Å². The Balaban J connectivity index is 0.00000242. The van der Waals surface area contributed by atoms with E-state index in [4.69, 9.17) is 0 Å². The Kier molecular flexibility index (Phi) is 8.95. The summed E-state index contributed by atoms with van der Waals surface area (Å²) in [5.41, 5.74) is 1.83. The van der Waals surface area contributed by atoms with Crippen molar-refractivity contribution in [1.82, 2.24) is 4.90 Å². The predicted octanol–water partition coefficient (Wildman–Crippen LogP) is 2.62. The van der Waals surface area contributed by atoms with Gasteiger partial charge >= 0.3 is 0 Å². The van der Waals surface area contributed by atoms with Gasteiger partial charge in [-0.05, 0) is 37.6 Å². The first kappa shape index (κ1) is 23.0. The van der Waals surface area contributed by atoms with Crippen LogP contribution in [0.25, 0.3) is 0 Å². The van der Waals surface area contributed by atoms with Crippen LogP contribution >= 0.6 is 0 Å². The van der Waals surface area contributed by atoms with Gasteiger partial charge < -0.3 is 12.3 Å². The van der Waals surface area contributed by atoms with Crippen molar-refractivity contribution in [2.24, 2.45) is 5.92 Å². The van der Waals surface area contributed by atoms with E-state index in [9.17, 15) is 8.42 Å². The van der Waals surface area contributed by atoms with Crippen molar-refractivity contribution >= 4 is 15.5 Å². The number of likely N-dealkylation sites (N-methyl/N-ethyl adjacent to an activating group) is 1. The molecule has 0 unspecified atom stereocenters. The monoisotopic (exact) mass is 414 g/mol. The molecule has 4 nitrogen and oxygen atoms in total. The van der Waals surface area contributed by atoms with E-state index >= 15 is 0 Å². The second-order valence-electron chi connectivity index (χ2n) is 6.46. The van der Waals surface area contributed by atoms with Gasteiger partial charge in [0.15, 0.2) is 9.84 Å². The third-order valence-corrected chi connectivity index (χ3v) is 5.64. The molecule has 6 heteroatoms. The summed E-state index contributed by atoms with van der Waals surface area (Å²) in [4.78, 5) is 5.14. The molecule has 23 heavy (non-hydrogen) atoms. The molecular formula is C17H29N2O2SY-. The standard InChI is InChI=1S/C16H26N2O2S.CH3.Y/c1-12(2)15-11-18(9-8-17(15)4)14-7-6-13(3)16(10-14)21(5,19)20;;/h6-7,10,12,15H,8-9,11H2,1-5H3;1H3;/q;-1;/t15-;;/m0../s1. The molecule has 1 radical (unpaired) electrons. The van der Waals surface area contributed by atoms with Crippen LogP contribution in [0.5, 0.6) is 0 Å². The molecule has 0 saturated carbocycles. The maximum atomic E-state index is 11.9. The molecular weight excluding hydrogens is 385 g/mol. The summed E-state index contributed by atoms with van der Waals surface area (Å²) in [5.74, 6) is 0.581. The summed E-state index contributed by atoms with van der Waals surface area (Å²) in [7, 11) is -1.01. The molecule has 0 spiro atoms. The first-order valence-electron chi connectivity index (χ1n) is 7.46. The molecule has 0 amide bonds.